The minimum atomic E-state index is -0.398. The van der Waals surface area contributed by atoms with Gasteiger partial charge in [0.15, 0.2) is 0 Å². The van der Waals surface area contributed by atoms with Crippen LogP contribution in [0.3, 0.4) is 0 Å². The summed E-state index contributed by atoms with van der Waals surface area (Å²) in [7, 11) is 0. The Morgan fingerprint density at radius 1 is 1.00 bits per heavy atom. The molecule has 21 heavy (non-hydrogen) atoms. The Morgan fingerprint density at radius 3 is 2.52 bits per heavy atom. The van der Waals surface area contributed by atoms with Crippen LogP contribution in [0.15, 0.2) is 48.5 Å². The summed E-state index contributed by atoms with van der Waals surface area (Å²) in [5, 5.41) is 8.70. The zero-order chi connectivity index (χ0) is 14.9. The molecular formula is C17H15FO3. The van der Waals surface area contributed by atoms with Gasteiger partial charge >= 0.3 is 0 Å². The van der Waals surface area contributed by atoms with E-state index in [1.807, 2.05) is 30.3 Å². The molecule has 4 heteroatoms. The summed E-state index contributed by atoms with van der Waals surface area (Å²) < 4.78 is 24.2. The molecule has 0 spiro atoms. The molecule has 0 saturated heterocycles. The molecule has 0 saturated carbocycles. The Morgan fingerprint density at radius 2 is 1.76 bits per heavy atom. The van der Waals surface area contributed by atoms with Crippen molar-refractivity contribution in [1.29, 1.82) is 0 Å². The fourth-order valence-electron chi connectivity index (χ4n) is 1.69. The van der Waals surface area contributed by atoms with Crippen LogP contribution < -0.4 is 9.47 Å². The Bertz CT molecular complexity index is 629. The maximum absolute atomic E-state index is 13.2. The molecule has 3 nitrogen and oxygen atoms in total. The van der Waals surface area contributed by atoms with Gasteiger partial charge in [-0.15, -0.1) is 0 Å². The average molecular weight is 286 g/mol. The summed E-state index contributed by atoms with van der Waals surface area (Å²) in [5.41, 5.74) is 0.406. The van der Waals surface area contributed by atoms with E-state index in [1.54, 1.807) is 0 Å². The van der Waals surface area contributed by atoms with Crippen LogP contribution in [0.2, 0.25) is 0 Å². The standard InChI is InChI=1S/C17H15FO3/c18-15-8-9-17(14(13-15)5-4-10-19)21-12-11-20-16-6-2-1-3-7-16/h1-3,6-9,13,19H,10-12H2. The summed E-state index contributed by atoms with van der Waals surface area (Å²) in [4.78, 5) is 0. The lowest BCUT2D eigenvalue weighted by atomic mass is 10.2. The molecule has 0 bridgehead atoms. The van der Waals surface area contributed by atoms with Crippen LogP contribution in [-0.2, 0) is 0 Å². The number of ether oxygens (including phenoxy) is 2. The highest BCUT2D eigenvalue weighted by atomic mass is 19.1. The van der Waals surface area contributed by atoms with E-state index in [-0.39, 0.29) is 6.61 Å². The maximum atomic E-state index is 13.2. The first kappa shape index (κ1) is 14.9. The summed E-state index contributed by atoms with van der Waals surface area (Å²) in [6, 6.07) is 13.5. The lowest BCUT2D eigenvalue weighted by Gasteiger charge is -2.09. The highest BCUT2D eigenvalue weighted by molar-refractivity contribution is 5.46. The predicted octanol–water partition coefficient (Wildman–Crippen LogP) is 2.63. The minimum Gasteiger partial charge on any atom is -0.490 e. The molecule has 108 valence electrons. The molecule has 0 aliphatic carbocycles. The third-order valence-corrected chi connectivity index (χ3v) is 2.60. The Hall–Kier alpha value is -2.51. The van der Waals surface area contributed by atoms with Gasteiger partial charge < -0.3 is 14.6 Å². The van der Waals surface area contributed by atoms with Gasteiger partial charge in [-0.05, 0) is 30.3 Å². The number of aliphatic hydroxyl groups excluding tert-OH is 1. The minimum absolute atomic E-state index is 0.285. The largest absolute Gasteiger partial charge is 0.490 e. The monoisotopic (exact) mass is 286 g/mol. The van der Waals surface area contributed by atoms with Crippen molar-refractivity contribution in [2.45, 2.75) is 0 Å². The van der Waals surface area contributed by atoms with E-state index in [4.69, 9.17) is 14.6 Å². The van der Waals surface area contributed by atoms with Gasteiger partial charge in [0, 0.05) is 0 Å². The summed E-state index contributed by atoms with van der Waals surface area (Å²) in [6.45, 7) is 0.398. The van der Waals surface area contributed by atoms with Crippen molar-refractivity contribution >= 4 is 0 Å². The Labute approximate surface area is 122 Å². The predicted molar refractivity (Wildman–Crippen MR) is 77.8 cm³/mol. The van der Waals surface area contributed by atoms with Crippen LogP contribution in [0.5, 0.6) is 11.5 Å². The van der Waals surface area contributed by atoms with Gasteiger partial charge in [-0.25, -0.2) is 4.39 Å². The molecule has 0 aliphatic rings. The van der Waals surface area contributed by atoms with Gasteiger partial charge in [0.2, 0.25) is 0 Å². The first-order chi connectivity index (χ1) is 10.3. The van der Waals surface area contributed by atoms with Crippen molar-refractivity contribution in [3.8, 4) is 23.3 Å². The second-order valence-electron chi connectivity index (χ2n) is 4.11. The van der Waals surface area contributed by atoms with Crippen LogP contribution in [0, 0.1) is 17.7 Å². The second-order valence-corrected chi connectivity index (χ2v) is 4.11. The Kier molecular flexibility index (Phi) is 5.62. The zero-order valence-electron chi connectivity index (χ0n) is 11.4. The molecule has 0 amide bonds. The van der Waals surface area contributed by atoms with Crippen molar-refractivity contribution < 1.29 is 19.0 Å². The lowest BCUT2D eigenvalue weighted by molar-refractivity contribution is 0.216. The van der Waals surface area contributed by atoms with Gasteiger partial charge in [-0.2, -0.15) is 0 Å². The van der Waals surface area contributed by atoms with E-state index < -0.39 is 5.82 Å². The van der Waals surface area contributed by atoms with Crippen LogP contribution in [0.1, 0.15) is 5.56 Å². The van der Waals surface area contributed by atoms with Gasteiger partial charge in [0.1, 0.15) is 37.1 Å². The first-order valence-electron chi connectivity index (χ1n) is 6.49. The number of para-hydroxylation sites is 1. The van der Waals surface area contributed by atoms with Crippen molar-refractivity contribution in [3.05, 3.63) is 59.9 Å². The molecule has 0 heterocycles. The normalized spacial score (nSPS) is 9.62. The number of benzene rings is 2. The highest BCUT2D eigenvalue weighted by Crippen LogP contribution is 2.18. The van der Waals surface area contributed by atoms with Crippen LogP contribution in [-0.4, -0.2) is 24.9 Å². The van der Waals surface area contributed by atoms with E-state index in [9.17, 15) is 4.39 Å². The molecule has 0 aromatic heterocycles. The number of aliphatic hydroxyl groups is 1. The Balaban J connectivity index is 1.91. The van der Waals surface area contributed by atoms with Crippen molar-refractivity contribution in [2.24, 2.45) is 0 Å². The molecule has 0 unspecified atom stereocenters. The SMILES string of the molecule is OCC#Cc1cc(F)ccc1OCCOc1ccccc1. The maximum Gasteiger partial charge on any atom is 0.135 e. The molecule has 1 N–H and O–H groups in total. The number of halogens is 1. The summed E-state index contributed by atoms with van der Waals surface area (Å²) in [6.07, 6.45) is 0. The van der Waals surface area contributed by atoms with Gasteiger partial charge in [0.05, 0.1) is 5.56 Å². The topological polar surface area (TPSA) is 38.7 Å². The number of hydrogen-bond acceptors (Lipinski definition) is 3. The van der Waals surface area contributed by atoms with Crippen molar-refractivity contribution in [2.75, 3.05) is 19.8 Å². The third-order valence-electron chi connectivity index (χ3n) is 2.60. The lowest BCUT2D eigenvalue weighted by Crippen LogP contribution is -2.09. The smallest absolute Gasteiger partial charge is 0.135 e. The van der Waals surface area contributed by atoms with Crippen LogP contribution in [0.25, 0.3) is 0 Å². The van der Waals surface area contributed by atoms with E-state index in [0.29, 0.717) is 24.5 Å². The average Bonchev–Trinajstić information content (AvgIpc) is 2.52. The zero-order valence-corrected chi connectivity index (χ0v) is 11.4. The molecule has 2 rings (SSSR count). The van der Waals surface area contributed by atoms with E-state index in [1.165, 1.54) is 18.2 Å². The molecule has 0 aliphatic heterocycles. The van der Waals surface area contributed by atoms with E-state index in [2.05, 4.69) is 11.8 Å². The molecule has 0 fully saturated rings. The van der Waals surface area contributed by atoms with Gasteiger partial charge in [0.25, 0.3) is 0 Å². The molecule has 2 aromatic rings. The molecular weight excluding hydrogens is 271 g/mol. The fraction of sp³-hybridized carbons (Fsp3) is 0.176. The first-order valence-corrected chi connectivity index (χ1v) is 6.49. The van der Waals surface area contributed by atoms with Gasteiger partial charge in [-0.1, -0.05) is 30.0 Å². The van der Waals surface area contributed by atoms with Crippen LogP contribution >= 0.6 is 0 Å². The van der Waals surface area contributed by atoms with E-state index >= 15 is 0 Å². The number of rotatable bonds is 5. The van der Waals surface area contributed by atoms with Crippen LogP contribution in [0.4, 0.5) is 4.39 Å². The third kappa shape index (κ3) is 4.83. The molecule has 2 aromatic carbocycles. The second kappa shape index (κ2) is 7.93. The van der Waals surface area contributed by atoms with Gasteiger partial charge in [-0.3, -0.25) is 0 Å². The molecule has 0 atom stereocenters. The van der Waals surface area contributed by atoms with Crippen molar-refractivity contribution in [1.82, 2.24) is 0 Å². The molecule has 0 radical (unpaired) electrons. The summed E-state index contributed by atoms with van der Waals surface area (Å²) >= 11 is 0. The van der Waals surface area contributed by atoms with Crippen molar-refractivity contribution in [3.63, 3.8) is 0 Å². The highest BCUT2D eigenvalue weighted by Gasteiger charge is 2.03. The summed E-state index contributed by atoms with van der Waals surface area (Å²) in [5.74, 6) is 5.97. The number of hydrogen-bond donors (Lipinski definition) is 1. The quantitative estimate of drug-likeness (QED) is 0.678. The van der Waals surface area contributed by atoms with E-state index in [0.717, 1.165) is 5.75 Å². The fourth-order valence-corrected chi connectivity index (χ4v) is 1.69.